The molecule has 1 saturated heterocycles. The molecule has 0 aromatic carbocycles. The van der Waals surface area contributed by atoms with Crippen molar-refractivity contribution in [1.29, 1.82) is 0 Å². The molecule has 1 aliphatic heterocycles. The molecule has 0 radical (unpaired) electrons. The van der Waals surface area contributed by atoms with E-state index in [2.05, 4.69) is 31.0 Å². The van der Waals surface area contributed by atoms with Crippen LogP contribution in [0.25, 0.3) is 0 Å². The van der Waals surface area contributed by atoms with Gasteiger partial charge in [-0.2, -0.15) is 0 Å². The van der Waals surface area contributed by atoms with Gasteiger partial charge in [-0.1, -0.05) is 20.8 Å². The van der Waals surface area contributed by atoms with E-state index in [1.807, 2.05) is 0 Å². The Labute approximate surface area is 125 Å². The van der Waals surface area contributed by atoms with Gasteiger partial charge in [0.25, 0.3) is 0 Å². The summed E-state index contributed by atoms with van der Waals surface area (Å²) in [6, 6.07) is 1.78. The van der Waals surface area contributed by atoms with Crippen molar-refractivity contribution >= 4 is 0 Å². The first-order valence-corrected chi connectivity index (χ1v) is 9.01. The van der Waals surface area contributed by atoms with Gasteiger partial charge in [0.2, 0.25) is 0 Å². The fourth-order valence-corrected chi connectivity index (χ4v) is 4.19. The summed E-state index contributed by atoms with van der Waals surface area (Å²) >= 11 is 0. The monoisotopic (exact) mass is 278 g/mol. The second-order valence-corrected chi connectivity index (χ2v) is 8.62. The van der Waals surface area contributed by atoms with Gasteiger partial charge in [-0.05, 0) is 81.8 Å². The van der Waals surface area contributed by atoms with Crippen LogP contribution >= 0.6 is 0 Å². The van der Waals surface area contributed by atoms with E-state index in [0.717, 1.165) is 23.9 Å². The van der Waals surface area contributed by atoms with Gasteiger partial charge >= 0.3 is 0 Å². The summed E-state index contributed by atoms with van der Waals surface area (Å²) in [5.41, 5.74) is 0.503. The van der Waals surface area contributed by atoms with Crippen molar-refractivity contribution in [2.75, 3.05) is 19.6 Å². The highest BCUT2D eigenvalue weighted by Crippen LogP contribution is 2.38. The highest BCUT2D eigenvalue weighted by atomic mass is 15.2. The minimum absolute atomic E-state index is 0.503. The van der Waals surface area contributed by atoms with Crippen LogP contribution in [0.15, 0.2) is 0 Å². The minimum Gasteiger partial charge on any atom is -0.314 e. The first kappa shape index (κ1) is 14.8. The van der Waals surface area contributed by atoms with E-state index in [1.165, 1.54) is 64.6 Å². The zero-order valence-corrected chi connectivity index (χ0v) is 13.8. The summed E-state index contributed by atoms with van der Waals surface area (Å²) in [5, 5.41) is 3.75. The Balaban J connectivity index is 1.47. The van der Waals surface area contributed by atoms with E-state index in [4.69, 9.17) is 0 Å². The maximum Gasteiger partial charge on any atom is 0.0136 e. The Morgan fingerprint density at radius 3 is 2.35 bits per heavy atom. The van der Waals surface area contributed by atoms with E-state index >= 15 is 0 Å². The van der Waals surface area contributed by atoms with Crippen molar-refractivity contribution in [2.24, 2.45) is 17.3 Å². The predicted molar refractivity (Wildman–Crippen MR) is 85.9 cm³/mol. The van der Waals surface area contributed by atoms with Crippen molar-refractivity contribution in [1.82, 2.24) is 10.2 Å². The van der Waals surface area contributed by atoms with Gasteiger partial charge in [0, 0.05) is 12.1 Å². The van der Waals surface area contributed by atoms with Crippen LogP contribution < -0.4 is 5.32 Å². The molecule has 116 valence electrons. The van der Waals surface area contributed by atoms with Crippen molar-refractivity contribution in [2.45, 2.75) is 77.8 Å². The molecule has 2 aliphatic carbocycles. The number of nitrogens with zero attached hydrogens (tertiary/aromatic N) is 1. The second kappa shape index (κ2) is 5.96. The molecule has 1 N–H and O–H groups in total. The maximum absolute atomic E-state index is 3.75. The van der Waals surface area contributed by atoms with E-state index < -0.39 is 0 Å². The van der Waals surface area contributed by atoms with Crippen LogP contribution in [0, 0.1) is 17.3 Å². The average molecular weight is 278 g/mol. The summed E-state index contributed by atoms with van der Waals surface area (Å²) in [7, 11) is 0. The summed E-state index contributed by atoms with van der Waals surface area (Å²) < 4.78 is 0. The van der Waals surface area contributed by atoms with Crippen LogP contribution in [-0.4, -0.2) is 36.6 Å². The summed E-state index contributed by atoms with van der Waals surface area (Å²) in [4.78, 5) is 2.84. The molecule has 3 atom stereocenters. The smallest absolute Gasteiger partial charge is 0.0136 e. The van der Waals surface area contributed by atoms with Crippen molar-refractivity contribution in [3.05, 3.63) is 0 Å². The lowest BCUT2D eigenvalue weighted by Gasteiger charge is -2.44. The Hall–Kier alpha value is -0.0800. The van der Waals surface area contributed by atoms with Gasteiger partial charge in [-0.3, -0.25) is 0 Å². The fraction of sp³-hybridized carbons (Fsp3) is 1.00. The third-order valence-electron chi connectivity index (χ3n) is 6.08. The van der Waals surface area contributed by atoms with Crippen molar-refractivity contribution < 1.29 is 0 Å². The molecule has 3 aliphatic rings. The van der Waals surface area contributed by atoms with Crippen LogP contribution in [0.5, 0.6) is 0 Å². The largest absolute Gasteiger partial charge is 0.314 e. The normalized spacial score (nSPS) is 36.5. The number of rotatable bonds is 4. The van der Waals surface area contributed by atoms with Crippen LogP contribution in [0.2, 0.25) is 0 Å². The van der Waals surface area contributed by atoms with Gasteiger partial charge in [0.15, 0.2) is 0 Å². The van der Waals surface area contributed by atoms with Gasteiger partial charge in [-0.25, -0.2) is 0 Å². The van der Waals surface area contributed by atoms with Crippen LogP contribution in [0.3, 0.4) is 0 Å². The maximum atomic E-state index is 3.75. The third-order valence-corrected chi connectivity index (χ3v) is 6.08. The molecule has 3 fully saturated rings. The highest BCUT2D eigenvalue weighted by Gasteiger charge is 2.37. The lowest BCUT2D eigenvalue weighted by Crippen LogP contribution is -2.51. The molecule has 3 unspecified atom stereocenters. The molecule has 0 aromatic rings. The topological polar surface area (TPSA) is 15.3 Å². The van der Waals surface area contributed by atoms with Crippen LogP contribution in [0.1, 0.15) is 65.7 Å². The minimum atomic E-state index is 0.503. The van der Waals surface area contributed by atoms with Gasteiger partial charge in [0.1, 0.15) is 0 Å². The van der Waals surface area contributed by atoms with E-state index in [-0.39, 0.29) is 0 Å². The van der Waals surface area contributed by atoms with E-state index in [1.54, 1.807) is 0 Å². The molecule has 1 heterocycles. The Bertz CT molecular complexity index is 316. The zero-order chi connectivity index (χ0) is 14.2. The fourth-order valence-electron chi connectivity index (χ4n) is 4.19. The molecule has 0 bridgehead atoms. The standard InChI is InChI=1S/C18H34N2/c1-18(2,3)15-5-4-11-20(12-10-15)17-9-6-14(17)13-19-16-7-8-16/h14-17,19H,4-13H2,1-3H3. The van der Waals surface area contributed by atoms with Crippen LogP contribution in [-0.2, 0) is 0 Å². The first-order chi connectivity index (χ1) is 9.54. The first-order valence-electron chi connectivity index (χ1n) is 9.01. The van der Waals surface area contributed by atoms with Gasteiger partial charge in [0.05, 0.1) is 0 Å². The molecule has 3 rings (SSSR count). The van der Waals surface area contributed by atoms with Crippen LogP contribution in [0.4, 0.5) is 0 Å². The quantitative estimate of drug-likeness (QED) is 0.844. The number of nitrogens with one attached hydrogen (secondary N) is 1. The highest BCUT2D eigenvalue weighted by molar-refractivity contribution is 4.93. The molecule has 0 amide bonds. The van der Waals surface area contributed by atoms with Crippen molar-refractivity contribution in [3.63, 3.8) is 0 Å². The molecule has 2 heteroatoms. The third kappa shape index (κ3) is 3.57. The molecule has 20 heavy (non-hydrogen) atoms. The molecular formula is C18H34N2. The SMILES string of the molecule is CC(C)(C)C1CCCN(C2CCC2CNC2CC2)CC1. The predicted octanol–water partition coefficient (Wildman–Crippen LogP) is 3.67. The lowest BCUT2D eigenvalue weighted by molar-refractivity contribution is 0.0617. The molecule has 0 spiro atoms. The molecular weight excluding hydrogens is 244 g/mol. The molecule has 2 saturated carbocycles. The Morgan fingerprint density at radius 1 is 0.950 bits per heavy atom. The van der Waals surface area contributed by atoms with Gasteiger partial charge in [-0.15, -0.1) is 0 Å². The van der Waals surface area contributed by atoms with E-state index in [0.29, 0.717) is 5.41 Å². The number of hydrogen-bond donors (Lipinski definition) is 1. The average Bonchev–Trinajstić information content (AvgIpc) is 3.13. The number of likely N-dealkylation sites (tertiary alicyclic amines) is 1. The van der Waals surface area contributed by atoms with Gasteiger partial charge < -0.3 is 10.2 Å². The number of hydrogen-bond acceptors (Lipinski definition) is 2. The molecule has 0 aromatic heterocycles. The second-order valence-electron chi connectivity index (χ2n) is 8.62. The molecule has 2 nitrogen and oxygen atoms in total. The Morgan fingerprint density at radius 2 is 1.75 bits per heavy atom. The summed E-state index contributed by atoms with van der Waals surface area (Å²) in [6.45, 7) is 11.3. The summed E-state index contributed by atoms with van der Waals surface area (Å²) in [6.07, 6.45) is 10.0. The zero-order valence-electron chi connectivity index (χ0n) is 13.8. The van der Waals surface area contributed by atoms with E-state index in [9.17, 15) is 0 Å². The summed E-state index contributed by atoms with van der Waals surface area (Å²) in [5.74, 6) is 1.87. The lowest BCUT2D eigenvalue weighted by atomic mass is 9.76. The Kier molecular flexibility index (Phi) is 4.42. The van der Waals surface area contributed by atoms with Crippen molar-refractivity contribution in [3.8, 4) is 0 Å².